The molecule has 0 saturated carbocycles. The minimum absolute atomic E-state index is 0.418. The van der Waals surface area contributed by atoms with Crippen LogP contribution in [0.15, 0.2) is 18.2 Å². The van der Waals surface area contributed by atoms with Gasteiger partial charge in [0, 0.05) is 0 Å². The molecule has 1 unspecified atom stereocenters. The van der Waals surface area contributed by atoms with Crippen molar-refractivity contribution >= 4 is 21.9 Å². The Morgan fingerprint density at radius 1 is 1.44 bits per heavy atom. The van der Waals surface area contributed by atoms with Gasteiger partial charge in [0.25, 0.3) is 0 Å². The van der Waals surface area contributed by atoms with Gasteiger partial charge in [0.2, 0.25) is 0 Å². The molecule has 0 aromatic heterocycles. The molecule has 88 valence electrons. The van der Waals surface area contributed by atoms with Crippen molar-refractivity contribution in [2.24, 2.45) is 0 Å². The lowest BCUT2D eigenvalue weighted by molar-refractivity contribution is -0.136. The van der Waals surface area contributed by atoms with Crippen molar-refractivity contribution in [3.63, 3.8) is 0 Å². The van der Waals surface area contributed by atoms with Crippen molar-refractivity contribution in [2.75, 3.05) is 0 Å². The van der Waals surface area contributed by atoms with Gasteiger partial charge in [0.15, 0.2) is 0 Å². The molecule has 1 N–H and O–H groups in total. The molecule has 0 heterocycles. The van der Waals surface area contributed by atoms with E-state index in [2.05, 4.69) is 48.0 Å². The van der Waals surface area contributed by atoms with Gasteiger partial charge in [-0.05, 0) is 44.2 Å². The second-order valence-corrected chi connectivity index (χ2v) is 5.23. The number of carbonyl (C=O) groups is 1. The Morgan fingerprint density at radius 2 is 2.12 bits per heavy atom. The van der Waals surface area contributed by atoms with Gasteiger partial charge in [-0.15, -0.1) is 0 Å². The summed E-state index contributed by atoms with van der Waals surface area (Å²) in [6, 6.07) is 6.40. The average Bonchev–Trinajstić information content (AvgIpc) is 2.20. The molecule has 0 aliphatic rings. The number of carboxylic acids is 1. The highest BCUT2D eigenvalue weighted by Crippen LogP contribution is 2.16. The van der Waals surface area contributed by atoms with Crippen LogP contribution in [0.25, 0.3) is 0 Å². The maximum absolute atomic E-state index is 10.6. The predicted molar refractivity (Wildman–Crippen MR) is 69.2 cm³/mol. The quantitative estimate of drug-likeness (QED) is 0.841. The van der Waals surface area contributed by atoms with Crippen molar-refractivity contribution in [1.82, 2.24) is 0 Å². The molecule has 0 aliphatic heterocycles. The second-order valence-electron chi connectivity index (χ2n) is 4.13. The third kappa shape index (κ3) is 3.97. The number of hydrogen-bond acceptors (Lipinski definition) is 1. The topological polar surface area (TPSA) is 37.3 Å². The fourth-order valence-corrected chi connectivity index (χ4v) is 2.05. The van der Waals surface area contributed by atoms with Gasteiger partial charge in [0.05, 0.1) is 0 Å². The summed E-state index contributed by atoms with van der Waals surface area (Å²) in [6.45, 7) is 4.18. The van der Waals surface area contributed by atoms with Gasteiger partial charge in [-0.25, -0.2) is 0 Å². The van der Waals surface area contributed by atoms with Crippen LogP contribution in [0.2, 0.25) is 0 Å². The van der Waals surface area contributed by atoms with Gasteiger partial charge >= 0.3 is 5.97 Å². The van der Waals surface area contributed by atoms with E-state index in [1.165, 1.54) is 16.7 Å². The minimum atomic E-state index is -0.777. The molecule has 1 rings (SSSR count). The molecule has 1 aromatic rings. The number of alkyl halides is 1. The fraction of sp³-hybridized carbons (Fsp3) is 0.462. The molecular weight excluding hydrogens is 268 g/mol. The summed E-state index contributed by atoms with van der Waals surface area (Å²) in [5.74, 6) is -0.777. The van der Waals surface area contributed by atoms with Crippen LogP contribution in [-0.2, 0) is 11.2 Å². The molecule has 0 fully saturated rings. The molecule has 1 aromatic carbocycles. The lowest BCUT2D eigenvalue weighted by Crippen LogP contribution is -2.12. The van der Waals surface area contributed by atoms with Crippen LogP contribution in [0.4, 0.5) is 0 Å². The van der Waals surface area contributed by atoms with Crippen LogP contribution in [0.3, 0.4) is 0 Å². The molecule has 0 saturated heterocycles. The molecule has 0 amide bonds. The lowest BCUT2D eigenvalue weighted by Gasteiger charge is -2.08. The summed E-state index contributed by atoms with van der Waals surface area (Å²) < 4.78 is 0. The van der Waals surface area contributed by atoms with Crippen molar-refractivity contribution in [3.05, 3.63) is 34.9 Å². The Labute approximate surface area is 105 Å². The summed E-state index contributed by atoms with van der Waals surface area (Å²) in [5.41, 5.74) is 3.88. The van der Waals surface area contributed by atoms with E-state index in [4.69, 9.17) is 5.11 Å². The molecule has 0 bridgehead atoms. The van der Waals surface area contributed by atoms with Gasteiger partial charge in [0.1, 0.15) is 4.83 Å². The van der Waals surface area contributed by atoms with Crippen molar-refractivity contribution < 1.29 is 9.90 Å². The maximum atomic E-state index is 10.6. The van der Waals surface area contributed by atoms with Crippen LogP contribution in [-0.4, -0.2) is 15.9 Å². The third-order valence-corrected chi connectivity index (χ3v) is 3.52. The molecule has 1 atom stereocenters. The molecule has 2 nitrogen and oxygen atoms in total. The van der Waals surface area contributed by atoms with Crippen LogP contribution >= 0.6 is 15.9 Å². The number of benzene rings is 1. The molecule has 16 heavy (non-hydrogen) atoms. The number of rotatable bonds is 5. The first-order chi connectivity index (χ1) is 7.50. The second kappa shape index (κ2) is 6.04. The summed E-state index contributed by atoms with van der Waals surface area (Å²) in [6.07, 6.45) is 2.51. The number of aliphatic carboxylic acids is 1. The van der Waals surface area contributed by atoms with E-state index in [9.17, 15) is 4.79 Å². The van der Waals surface area contributed by atoms with Gasteiger partial charge in [-0.2, -0.15) is 0 Å². The first-order valence-electron chi connectivity index (χ1n) is 5.43. The zero-order chi connectivity index (χ0) is 12.1. The molecule has 0 aliphatic carbocycles. The van der Waals surface area contributed by atoms with Crippen LogP contribution in [0.1, 0.15) is 29.5 Å². The summed E-state index contributed by atoms with van der Waals surface area (Å²) in [4.78, 5) is 10.2. The average molecular weight is 285 g/mol. The lowest BCUT2D eigenvalue weighted by atomic mass is 10.0. The Kier molecular flexibility index (Phi) is 5.00. The van der Waals surface area contributed by atoms with E-state index in [1.807, 2.05) is 0 Å². The highest BCUT2D eigenvalue weighted by molar-refractivity contribution is 9.10. The highest BCUT2D eigenvalue weighted by Gasteiger charge is 2.12. The summed E-state index contributed by atoms with van der Waals surface area (Å²) >= 11 is 3.15. The smallest absolute Gasteiger partial charge is 0.317 e. The highest BCUT2D eigenvalue weighted by atomic mass is 79.9. The van der Waals surface area contributed by atoms with Crippen LogP contribution < -0.4 is 0 Å². The monoisotopic (exact) mass is 284 g/mol. The van der Waals surface area contributed by atoms with E-state index < -0.39 is 10.8 Å². The number of hydrogen-bond donors (Lipinski definition) is 1. The van der Waals surface area contributed by atoms with Crippen LogP contribution in [0, 0.1) is 13.8 Å². The Balaban J connectivity index is 2.46. The molecular formula is C13H17BrO2. The number of carboxylic acid groups (broad SMARTS) is 1. The first kappa shape index (κ1) is 13.2. The van der Waals surface area contributed by atoms with E-state index in [1.54, 1.807) is 0 Å². The Morgan fingerprint density at radius 3 is 2.69 bits per heavy atom. The first-order valence-corrected chi connectivity index (χ1v) is 6.35. The van der Waals surface area contributed by atoms with E-state index >= 15 is 0 Å². The third-order valence-electron chi connectivity index (χ3n) is 2.67. The van der Waals surface area contributed by atoms with Crippen molar-refractivity contribution in [1.29, 1.82) is 0 Å². The standard InChI is InChI=1S/C13H17BrO2/c1-9-6-7-11(10(2)8-9)4-3-5-12(14)13(15)16/h6-8,12H,3-5H2,1-2H3,(H,15,16). The van der Waals surface area contributed by atoms with Crippen molar-refractivity contribution in [3.8, 4) is 0 Å². The molecule has 0 spiro atoms. The molecule has 3 heteroatoms. The number of aryl methyl sites for hydroxylation is 3. The van der Waals surface area contributed by atoms with Gasteiger partial charge < -0.3 is 5.11 Å². The largest absolute Gasteiger partial charge is 0.480 e. The summed E-state index contributed by atoms with van der Waals surface area (Å²) in [7, 11) is 0. The fourth-order valence-electron chi connectivity index (χ4n) is 1.72. The zero-order valence-corrected chi connectivity index (χ0v) is 11.3. The SMILES string of the molecule is Cc1ccc(CCCC(Br)C(=O)O)c(C)c1. The Bertz CT molecular complexity index is 374. The van der Waals surface area contributed by atoms with Gasteiger partial charge in [-0.3, -0.25) is 4.79 Å². The number of halogens is 1. The maximum Gasteiger partial charge on any atom is 0.317 e. The predicted octanol–water partition coefficient (Wildman–Crippen LogP) is 3.47. The van der Waals surface area contributed by atoms with Crippen LogP contribution in [0.5, 0.6) is 0 Å². The van der Waals surface area contributed by atoms with E-state index in [-0.39, 0.29) is 0 Å². The Hall–Kier alpha value is -0.830. The zero-order valence-electron chi connectivity index (χ0n) is 9.66. The minimum Gasteiger partial charge on any atom is -0.480 e. The summed E-state index contributed by atoms with van der Waals surface area (Å²) in [5, 5.41) is 8.72. The normalized spacial score (nSPS) is 12.4. The van der Waals surface area contributed by atoms with Crippen molar-refractivity contribution in [2.45, 2.75) is 37.9 Å². The molecule has 0 radical (unpaired) electrons. The van der Waals surface area contributed by atoms with E-state index in [0.717, 1.165) is 12.8 Å². The van der Waals surface area contributed by atoms with E-state index in [0.29, 0.717) is 6.42 Å². The van der Waals surface area contributed by atoms with Gasteiger partial charge in [-0.1, -0.05) is 39.7 Å².